The molecule has 200 valence electrons. The van der Waals surface area contributed by atoms with Crippen LogP contribution < -0.4 is 20.1 Å². The number of furan rings is 1. The van der Waals surface area contributed by atoms with Crippen molar-refractivity contribution in [2.45, 2.75) is 26.3 Å². The second-order valence-corrected chi connectivity index (χ2v) is 9.04. The number of carbonyl (C=O) groups is 2. The Morgan fingerprint density at radius 2 is 1.92 bits per heavy atom. The Morgan fingerprint density at radius 3 is 2.56 bits per heavy atom. The van der Waals surface area contributed by atoms with E-state index < -0.39 is 36.1 Å². The lowest BCUT2D eigenvalue weighted by atomic mass is 9.99. The van der Waals surface area contributed by atoms with Crippen LogP contribution >= 0.6 is 0 Å². The molecule has 0 fully saturated rings. The van der Waals surface area contributed by atoms with Crippen LogP contribution in [0.5, 0.6) is 11.6 Å². The lowest BCUT2D eigenvalue weighted by Crippen LogP contribution is -2.42. The number of carbonyl (C=O) groups excluding carboxylic acids is 2. The largest absolute Gasteiger partial charge is 0.493 e. The van der Waals surface area contributed by atoms with Gasteiger partial charge >= 0.3 is 0 Å². The number of benzene rings is 2. The van der Waals surface area contributed by atoms with E-state index in [0.717, 1.165) is 0 Å². The van der Waals surface area contributed by atoms with Crippen LogP contribution in [0, 0.1) is 17.1 Å². The van der Waals surface area contributed by atoms with Crippen molar-refractivity contribution in [3.63, 3.8) is 0 Å². The molecule has 0 radical (unpaired) electrons. The highest BCUT2D eigenvalue weighted by Gasteiger charge is 2.26. The van der Waals surface area contributed by atoms with E-state index in [2.05, 4.69) is 15.6 Å². The van der Waals surface area contributed by atoms with Gasteiger partial charge in [0.15, 0.2) is 0 Å². The first-order valence-electron chi connectivity index (χ1n) is 13.4. The topological polar surface area (TPSA) is 126 Å². The number of nitrogens with zero attached hydrogens (tertiary/aromatic N) is 2. The molecule has 9 nitrogen and oxygen atoms in total. The van der Waals surface area contributed by atoms with Crippen molar-refractivity contribution in [2.75, 3.05) is 20.7 Å². The van der Waals surface area contributed by atoms with E-state index in [1.54, 1.807) is 19.1 Å². The summed E-state index contributed by atoms with van der Waals surface area (Å²) < 4.78 is 53.0. The third kappa shape index (κ3) is 5.38. The summed E-state index contributed by atoms with van der Waals surface area (Å²) in [5.41, 5.74) is 0.179. The summed E-state index contributed by atoms with van der Waals surface area (Å²) >= 11 is 0. The minimum Gasteiger partial charge on any atom is -0.493 e. The molecule has 0 aliphatic rings. The van der Waals surface area contributed by atoms with Gasteiger partial charge in [-0.15, -0.1) is 0 Å². The number of nitriles is 1. The number of fused-ring (bicyclic) bond motifs is 1. The van der Waals surface area contributed by atoms with E-state index in [4.69, 9.17) is 18.0 Å². The van der Waals surface area contributed by atoms with Crippen LogP contribution in [-0.4, -0.2) is 43.0 Å². The number of halogens is 1. The summed E-state index contributed by atoms with van der Waals surface area (Å²) in [6, 6.07) is 12.0. The zero-order valence-corrected chi connectivity index (χ0v) is 21.6. The first kappa shape index (κ1) is 23.2. The van der Waals surface area contributed by atoms with Gasteiger partial charge < -0.3 is 24.5 Å². The Bertz CT molecular complexity index is 1710. The second kappa shape index (κ2) is 10.8. The number of rotatable bonds is 8. The predicted molar refractivity (Wildman–Crippen MR) is 143 cm³/mol. The molecule has 0 aliphatic carbocycles. The molecule has 0 aliphatic heterocycles. The summed E-state index contributed by atoms with van der Waals surface area (Å²) in [7, 11) is -1.44. The van der Waals surface area contributed by atoms with Crippen molar-refractivity contribution in [1.29, 1.82) is 5.26 Å². The maximum Gasteiger partial charge on any atom is 0.258 e. The Hall–Kier alpha value is -4.91. The van der Waals surface area contributed by atoms with Gasteiger partial charge in [0.25, 0.3) is 11.8 Å². The summed E-state index contributed by atoms with van der Waals surface area (Å²) in [6.45, 7) is 4.98. The summed E-state index contributed by atoms with van der Waals surface area (Å²) in [5, 5.41) is 14.9. The van der Waals surface area contributed by atoms with Gasteiger partial charge in [0.1, 0.15) is 34.0 Å². The molecule has 2 amide bonds. The molecule has 39 heavy (non-hydrogen) atoms. The molecule has 0 spiro atoms. The molecule has 2 heterocycles. The zero-order valence-electron chi connectivity index (χ0n) is 24.6. The molecule has 0 atom stereocenters. The number of hydrogen-bond acceptors (Lipinski definition) is 7. The van der Waals surface area contributed by atoms with Crippen LogP contribution in [0.1, 0.15) is 45.6 Å². The standard InChI is InChI=1S/C29H27FN4O5/c1-6-38-22-13-23-20(24(27(36)32-4)25(39-23)16-7-9-18(30)10-8-16)12-19(22)17-11-21(28(37-5)33-14-17)26(35)34-29(2,3)15-31/h7-14H,6H2,1-5H3,(H,32,36)(H,34,35)/i5D3. The molecular weight excluding hydrogens is 503 g/mol. The van der Waals surface area contributed by atoms with Gasteiger partial charge in [-0.25, -0.2) is 9.37 Å². The molecule has 0 saturated heterocycles. The number of aromatic nitrogens is 1. The van der Waals surface area contributed by atoms with Crippen LogP contribution in [0.2, 0.25) is 0 Å². The molecule has 0 saturated carbocycles. The highest BCUT2D eigenvalue weighted by Crippen LogP contribution is 2.41. The van der Waals surface area contributed by atoms with Crippen molar-refractivity contribution in [3.8, 4) is 40.1 Å². The van der Waals surface area contributed by atoms with Gasteiger partial charge in [0, 0.05) is 41.4 Å². The smallest absolute Gasteiger partial charge is 0.258 e. The summed E-state index contributed by atoms with van der Waals surface area (Å²) in [6.07, 6.45) is 1.30. The molecule has 2 N–H and O–H groups in total. The normalized spacial score (nSPS) is 12.6. The molecule has 2 aromatic carbocycles. The molecule has 4 rings (SSSR count). The van der Waals surface area contributed by atoms with Crippen LogP contribution in [0.4, 0.5) is 4.39 Å². The lowest BCUT2D eigenvalue weighted by molar-refractivity contribution is 0.0923. The van der Waals surface area contributed by atoms with E-state index in [-0.39, 0.29) is 23.5 Å². The third-order valence-electron chi connectivity index (χ3n) is 5.86. The highest BCUT2D eigenvalue weighted by molar-refractivity contribution is 6.12. The maximum absolute atomic E-state index is 13.6. The average Bonchev–Trinajstić information content (AvgIpc) is 3.30. The molecule has 0 bridgehead atoms. The van der Waals surface area contributed by atoms with E-state index in [1.807, 2.05) is 6.07 Å². The summed E-state index contributed by atoms with van der Waals surface area (Å²) in [4.78, 5) is 30.4. The minimum absolute atomic E-state index is 0.187. The molecular formula is C29H27FN4O5. The average molecular weight is 534 g/mol. The summed E-state index contributed by atoms with van der Waals surface area (Å²) in [5.74, 6) is -1.63. The highest BCUT2D eigenvalue weighted by atomic mass is 19.1. The van der Waals surface area contributed by atoms with Crippen LogP contribution in [0.25, 0.3) is 33.4 Å². The van der Waals surface area contributed by atoms with E-state index in [0.29, 0.717) is 33.4 Å². The lowest BCUT2D eigenvalue weighted by Gasteiger charge is -2.19. The Kier molecular flexibility index (Phi) is 6.45. The zero-order chi connectivity index (χ0) is 30.8. The van der Waals surface area contributed by atoms with Crippen molar-refractivity contribution in [3.05, 3.63) is 65.6 Å². The monoisotopic (exact) mass is 533 g/mol. The van der Waals surface area contributed by atoms with Crippen molar-refractivity contribution in [1.82, 2.24) is 15.6 Å². The van der Waals surface area contributed by atoms with Crippen molar-refractivity contribution < 1.29 is 32.0 Å². The Labute approximate surface area is 228 Å². The van der Waals surface area contributed by atoms with Gasteiger partial charge in [-0.3, -0.25) is 9.59 Å². The number of methoxy groups -OCH3 is 1. The Morgan fingerprint density at radius 1 is 1.18 bits per heavy atom. The fourth-order valence-electron chi connectivity index (χ4n) is 4.00. The first-order chi connectivity index (χ1) is 19.8. The number of amides is 2. The van der Waals surface area contributed by atoms with E-state index in [1.165, 1.54) is 57.4 Å². The SMILES string of the molecule is [2H]C([2H])([2H])Oc1ncc(-c2cc3c(C(=O)NC)c(-c4ccc(F)cc4)oc3cc2OCC)cc1C(=O)NC(C)(C)C#N. The molecule has 0 unspecified atom stereocenters. The fraction of sp³-hybridized carbons (Fsp3) is 0.241. The van der Waals surface area contributed by atoms with Crippen molar-refractivity contribution in [2.24, 2.45) is 0 Å². The number of hydrogen-bond donors (Lipinski definition) is 2. The minimum atomic E-state index is -2.90. The van der Waals surface area contributed by atoms with Gasteiger partial charge in [0.2, 0.25) is 5.88 Å². The van der Waals surface area contributed by atoms with E-state index >= 15 is 0 Å². The van der Waals surface area contributed by atoms with Crippen LogP contribution in [0.3, 0.4) is 0 Å². The van der Waals surface area contributed by atoms with Gasteiger partial charge in [-0.05, 0) is 57.2 Å². The van der Waals surface area contributed by atoms with Gasteiger partial charge in [0.05, 0.1) is 29.4 Å². The van der Waals surface area contributed by atoms with Crippen molar-refractivity contribution >= 4 is 22.8 Å². The fourth-order valence-corrected chi connectivity index (χ4v) is 4.00. The molecule has 10 heteroatoms. The third-order valence-corrected chi connectivity index (χ3v) is 5.86. The number of pyridine rings is 1. The second-order valence-electron chi connectivity index (χ2n) is 9.04. The first-order valence-corrected chi connectivity index (χ1v) is 11.9. The maximum atomic E-state index is 13.6. The molecule has 4 aromatic rings. The van der Waals surface area contributed by atoms with Gasteiger partial charge in [-0.1, -0.05) is 0 Å². The number of ether oxygens (including phenoxy) is 2. The Balaban J connectivity index is 1.96. The van der Waals surface area contributed by atoms with Gasteiger partial charge in [-0.2, -0.15) is 5.26 Å². The number of nitrogens with one attached hydrogen (secondary N) is 2. The quantitative estimate of drug-likeness (QED) is 0.323. The van der Waals surface area contributed by atoms with E-state index in [9.17, 15) is 19.2 Å². The van der Waals surface area contributed by atoms with Crippen LogP contribution in [-0.2, 0) is 0 Å². The molecule has 2 aromatic heterocycles. The van der Waals surface area contributed by atoms with Crippen LogP contribution in [0.15, 0.2) is 53.1 Å². The predicted octanol–water partition coefficient (Wildman–Crippen LogP) is 5.10.